The largest absolute Gasteiger partial charge is 0.481 e. The topological polar surface area (TPSA) is 75.3 Å². The van der Waals surface area contributed by atoms with Crippen LogP contribution in [-0.2, 0) is 11.2 Å². The number of hydrogen-bond donors (Lipinski definition) is 3. The molecule has 0 amide bonds. The standard InChI is InChI=1S/C15H20N2O2/c16-12-7-5-11(6-8-12)9-10-17-14-4-2-1-3-13(14)15(18)19/h1-2,5-8,13-14,17H,3-4,9-10,16H2,(H,18,19)/t13-,14+/m1/s1. The lowest BCUT2D eigenvalue weighted by molar-refractivity contribution is -0.142. The molecule has 1 aliphatic rings. The van der Waals surface area contributed by atoms with Crippen molar-refractivity contribution < 1.29 is 9.90 Å². The molecule has 0 heterocycles. The van der Waals surface area contributed by atoms with Crippen LogP contribution in [0.1, 0.15) is 18.4 Å². The number of nitrogens with two attached hydrogens (primary N) is 1. The molecule has 0 saturated carbocycles. The first kappa shape index (κ1) is 13.6. The Morgan fingerprint density at radius 3 is 2.63 bits per heavy atom. The molecule has 0 fully saturated rings. The number of hydrogen-bond acceptors (Lipinski definition) is 3. The fourth-order valence-corrected chi connectivity index (χ4v) is 2.40. The van der Waals surface area contributed by atoms with E-state index in [4.69, 9.17) is 10.8 Å². The Bertz CT molecular complexity index is 454. The summed E-state index contributed by atoms with van der Waals surface area (Å²) in [5.74, 6) is -1.02. The number of carbonyl (C=O) groups is 1. The van der Waals surface area contributed by atoms with Crippen LogP contribution < -0.4 is 11.1 Å². The highest BCUT2D eigenvalue weighted by Gasteiger charge is 2.27. The number of aliphatic carboxylic acids is 1. The van der Waals surface area contributed by atoms with Crippen molar-refractivity contribution in [2.24, 2.45) is 5.92 Å². The van der Waals surface area contributed by atoms with Gasteiger partial charge in [0.15, 0.2) is 0 Å². The molecule has 1 aromatic carbocycles. The normalized spacial score (nSPS) is 22.3. The maximum absolute atomic E-state index is 11.1. The third-order valence-corrected chi connectivity index (χ3v) is 3.55. The minimum absolute atomic E-state index is 0.0382. The number of carboxylic acids is 1. The highest BCUT2D eigenvalue weighted by Crippen LogP contribution is 2.19. The van der Waals surface area contributed by atoms with E-state index in [1.54, 1.807) is 0 Å². The van der Waals surface area contributed by atoms with Gasteiger partial charge in [-0.3, -0.25) is 4.79 Å². The molecule has 19 heavy (non-hydrogen) atoms. The Morgan fingerprint density at radius 1 is 1.26 bits per heavy atom. The quantitative estimate of drug-likeness (QED) is 0.557. The second-order valence-electron chi connectivity index (χ2n) is 4.94. The van der Waals surface area contributed by atoms with E-state index in [2.05, 4.69) is 11.4 Å². The molecular formula is C15H20N2O2. The van der Waals surface area contributed by atoms with Gasteiger partial charge in [0.25, 0.3) is 0 Å². The van der Waals surface area contributed by atoms with Crippen LogP contribution in [0.5, 0.6) is 0 Å². The van der Waals surface area contributed by atoms with Crippen LogP contribution in [0.4, 0.5) is 5.69 Å². The molecule has 2 rings (SSSR count). The average molecular weight is 260 g/mol. The van der Waals surface area contributed by atoms with E-state index in [0.29, 0.717) is 6.42 Å². The van der Waals surface area contributed by atoms with E-state index in [1.807, 2.05) is 30.3 Å². The molecule has 4 nitrogen and oxygen atoms in total. The van der Waals surface area contributed by atoms with Gasteiger partial charge in [-0.25, -0.2) is 0 Å². The van der Waals surface area contributed by atoms with Crippen molar-refractivity contribution in [2.45, 2.75) is 25.3 Å². The van der Waals surface area contributed by atoms with Crippen LogP contribution in [-0.4, -0.2) is 23.7 Å². The maximum Gasteiger partial charge on any atom is 0.308 e. The number of anilines is 1. The Kier molecular flexibility index (Phi) is 4.58. The van der Waals surface area contributed by atoms with E-state index < -0.39 is 5.97 Å². The third-order valence-electron chi connectivity index (χ3n) is 3.55. The summed E-state index contributed by atoms with van der Waals surface area (Å²) in [5.41, 5.74) is 7.61. The zero-order valence-corrected chi connectivity index (χ0v) is 10.9. The van der Waals surface area contributed by atoms with Crippen molar-refractivity contribution in [3.63, 3.8) is 0 Å². The van der Waals surface area contributed by atoms with Gasteiger partial charge in [-0.05, 0) is 43.5 Å². The van der Waals surface area contributed by atoms with Crippen LogP contribution in [0, 0.1) is 5.92 Å². The van der Waals surface area contributed by atoms with E-state index in [0.717, 1.165) is 25.1 Å². The van der Waals surface area contributed by atoms with Gasteiger partial charge in [-0.15, -0.1) is 0 Å². The van der Waals surface area contributed by atoms with Crippen molar-refractivity contribution in [3.05, 3.63) is 42.0 Å². The molecule has 1 aliphatic carbocycles. The third kappa shape index (κ3) is 3.83. The summed E-state index contributed by atoms with van der Waals surface area (Å²) in [6.07, 6.45) is 6.30. The number of rotatable bonds is 5. The van der Waals surface area contributed by atoms with Gasteiger partial charge in [0.05, 0.1) is 5.92 Å². The second kappa shape index (κ2) is 6.38. The van der Waals surface area contributed by atoms with Gasteiger partial charge in [0, 0.05) is 11.7 Å². The van der Waals surface area contributed by atoms with Crippen LogP contribution in [0.15, 0.2) is 36.4 Å². The molecule has 0 spiro atoms. The number of allylic oxidation sites excluding steroid dienone is 1. The van der Waals surface area contributed by atoms with Gasteiger partial charge in [-0.1, -0.05) is 24.3 Å². The smallest absolute Gasteiger partial charge is 0.308 e. The van der Waals surface area contributed by atoms with Crippen LogP contribution in [0.3, 0.4) is 0 Å². The molecule has 0 aliphatic heterocycles. The first-order chi connectivity index (χ1) is 9.16. The van der Waals surface area contributed by atoms with Gasteiger partial charge in [-0.2, -0.15) is 0 Å². The van der Waals surface area contributed by atoms with Crippen molar-refractivity contribution in [3.8, 4) is 0 Å². The van der Waals surface area contributed by atoms with Crippen LogP contribution in [0.25, 0.3) is 0 Å². The highest BCUT2D eigenvalue weighted by molar-refractivity contribution is 5.71. The van der Waals surface area contributed by atoms with E-state index in [9.17, 15) is 4.79 Å². The summed E-state index contributed by atoms with van der Waals surface area (Å²) in [6, 6.07) is 7.83. The summed E-state index contributed by atoms with van der Waals surface area (Å²) in [5, 5.41) is 12.5. The lowest BCUT2D eigenvalue weighted by atomic mass is 9.89. The molecule has 102 valence electrons. The number of nitrogen functional groups attached to an aromatic ring is 1. The van der Waals surface area contributed by atoms with Crippen molar-refractivity contribution >= 4 is 11.7 Å². The van der Waals surface area contributed by atoms with E-state index in [-0.39, 0.29) is 12.0 Å². The van der Waals surface area contributed by atoms with Crippen LogP contribution >= 0.6 is 0 Å². The van der Waals surface area contributed by atoms with E-state index >= 15 is 0 Å². The van der Waals surface area contributed by atoms with E-state index in [1.165, 1.54) is 5.56 Å². The fraction of sp³-hybridized carbons (Fsp3) is 0.400. The minimum atomic E-state index is -0.714. The molecule has 0 saturated heterocycles. The zero-order valence-electron chi connectivity index (χ0n) is 10.9. The summed E-state index contributed by atoms with van der Waals surface area (Å²) < 4.78 is 0. The zero-order chi connectivity index (χ0) is 13.7. The minimum Gasteiger partial charge on any atom is -0.481 e. The van der Waals surface area contributed by atoms with Gasteiger partial charge in [0.2, 0.25) is 0 Å². The Hall–Kier alpha value is -1.81. The van der Waals surface area contributed by atoms with Crippen molar-refractivity contribution in [2.75, 3.05) is 12.3 Å². The first-order valence-electron chi connectivity index (χ1n) is 6.62. The van der Waals surface area contributed by atoms with Gasteiger partial charge < -0.3 is 16.2 Å². The lowest BCUT2D eigenvalue weighted by Crippen LogP contribution is -2.41. The Morgan fingerprint density at radius 2 is 1.95 bits per heavy atom. The van der Waals surface area contributed by atoms with Crippen LogP contribution in [0.2, 0.25) is 0 Å². The summed E-state index contributed by atoms with van der Waals surface area (Å²) >= 11 is 0. The average Bonchev–Trinajstić information content (AvgIpc) is 2.41. The van der Waals surface area contributed by atoms with Gasteiger partial charge >= 0.3 is 5.97 Å². The molecule has 1 aromatic rings. The Labute approximate surface area is 113 Å². The number of benzene rings is 1. The molecule has 0 bridgehead atoms. The lowest BCUT2D eigenvalue weighted by Gasteiger charge is -2.26. The van der Waals surface area contributed by atoms with Gasteiger partial charge in [0.1, 0.15) is 0 Å². The van der Waals surface area contributed by atoms with Crippen molar-refractivity contribution in [1.29, 1.82) is 0 Å². The molecular weight excluding hydrogens is 240 g/mol. The fourth-order valence-electron chi connectivity index (χ4n) is 2.40. The molecule has 4 N–H and O–H groups in total. The molecule has 0 unspecified atom stereocenters. The first-order valence-corrected chi connectivity index (χ1v) is 6.62. The summed E-state index contributed by atoms with van der Waals surface area (Å²) in [7, 11) is 0. The monoisotopic (exact) mass is 260 g/mol. The highest BCUT2D eigenvalue weighted by atomic mass is 16.4. The van der Waals surface area contributed by atoms with Crippen molar-refractivity contribution in [1.82, 2.24) is 5.32 Å². The number of carboxylic acid groups (broad SMARTS) is 1. The molecule has 4 heteroatoms. The molecule has 0 radical (unpaired) electrons. The number of nitrogens with one attached hydrogen (secondary N) is 1. The Balaban J connectivity index is 1.82. The summed E-state index contributed by atoms with van der Waals surface area (Å²) in [4.78, 5) is 11.1. The SMILES string of the molecule is Nc1ccc(CCN[C@H]2CC=CC[C@H]2C(=O)O)cc1. The molecule has 0 aromatic heterocycles. The second-order valence-corrected chi connectivity index (χ2v) is 4.94. The molecule has 2 atom stereocenters. The maximum atomic E-state index is 11.1. The predicted octanol–water partition coefficient (Wildman–Crippen LogP) is 1.82. The summed E-state index contributed by atoms with van der Waals surface area (Å²) in [6.45, 7) is 0.784. The predicted molar refractivity (Wildman–Crippen MR) is 75.8 cm³/mol.